The van der Waals surface area contributed by atoms with Crippen LogP contribution >= 0.6 is 11.3 Å². The third-order valence-electron chi connectivity index (χ3n) is 4.77. The maximum absolute atomic E-state index is 12.1. The highest BCUT2D eigenvalue weighted by Crippen LogP contribution is 2.30. The molecule has 1 aliphatic heterocycles. The monoisotopic (exact) mass is 361 g/mol. The van der Waals surface area contributed by atoms with Gasteiger partial charge in [-0.25, -0.2) is 9.97 Å². The Bertz CT molecular complexity index is 723. The van der Waals surface area contributed by atoms with Crippen LogP contribution in [0.3, 0.4) is 0 Å². The molecule has 1 unspecified atom stereocenters. The Kier molecular flexibility index (Phi) is 5.86. The second kappa shape index (κ2) is 8.10. The first-order chi connectivity index (χ1) is 12.1. The van der Waals surface area contributed by atoms with E-state index in [4.69, 9.17) is 0 Å². The fraction of sp³-hybridized carbons (Fsp3) is 0.611. The molecule has 25 heavy (non-hydrogen) atoms. The number of piperazine rings is 1. The van der Waals surface area contributed by atoms with Crippen LogP contribution in [-0.2, 0) is 11.2 Å². The molecule has 1 amide bonds. The lowest BCUT2D eigenvalue weighted by Gasteiger charge is -2.35. The molecule has 0 spiro atoms. The van der Waals surface area contributed by atoms with Gasteiger partial charge in [-0.15, -0.1) is 11.3 Å². The molecule has 6 nitrogen and oxygen atoms in total. The van der Waals surface area contributed by atoms with Gasteiger partial charge in [0.2, 0.25) is 5.91 Å². The summed E-state index contributed by atoms with van der Waals surface area (Å²) in [7, 11) is 0. The van der Waals surface area contributed by atoms with Crippen molar-refractivity contribution in [3.05, 3.63) is 17.3 Å². The van der Waals surface area contributed by atoms with Crippen LogP contribution in [0, 0.1) is 0 Å². The summed E-state index contributed by atoms with van der Waals surface area (Å²) in [5.74, 6) is 1.15. The molecule has 7 heteroatoms. The number of aromatic nitrogens is 2. The zero-order chi connectivity index (χ0) is 17.8. The van der Waals surface area contributed by atoms with E-state index in [1.165, 1.54) is 4.88 Å². The van der Waals surface area contributed by atoms with Gasteiger partial charge in [-0.3, -0.25) is 9.69 Å². The van der Waals surface area contributed by atoms with E-state index >= 15 is 0 Å². The first-order valence-corrected chi connectivity index (χ1v) is 9.92. The van der Waals surface area contributed by atoms with Crippen molar-refractivity contribution in [2.24, 2.45) is 0 Å². The number of fused-ring (bicyclic) bond motifs is 1. The number of amides is 1. The van der Waals surface area contributed by atoms with E-state index in [9.17, 15) is 4.79 Å². The minimum absolute atomic E-state index is 0.123. The first kappa shape index (κ1) is 18.1. The van der Waals surface area contributed by atoms with Crippen LogP contribution in [0.2, 0.25) is 0 Å². The van der Waals surface area contributed by atoms with Crippen LogP contribution in [-0.4, -0.2) is 59.5 Å². The molecular formula is C18H27N5OS. The van der Waals surface area contributed by atoms with Gasteiger partial charge in [-0.05, 0) is 25.8 Å². The van der Waals surface area contributed by atoms with Gasteiger partial charge in [0, 0.05) is 37.1 Å². The van der Waals surface area contributed by atoms with E-state index in [1.54, 1.807) is 17.7 Å². The smallest absolute Gasteiger partial charge is 0.234 e. The Labute approximate surface area is 153 Å². The number of nitrogens with zero attached hydrogens (tertiary/aromatic N) is 4. The lowest BCUT2D eigenvalue weighted by Crippen LogP contribution is -2.50. The van der Waals surface area contributed by atoms with Crippen molar-refractivity contribution in [2.75, 3.05) is 37.6 Å². The Hall–Kier alpha value is -1.73. The highest BCUT2D eigenvalue weighted by atomic mass is 32.1. The molecule has 0 radical (unpaired) electrons. The van der Waals surface area contributed by atoms with Crippen LogP contribution in [0.15, 0.2) is 12.4 Å². The van der Waals surface area contributed by atoms with Crippen molar-refractivity contribution >= 4 is 33.3 Å². The van der Waals surface area contributed by atoms with Crippen LogP contribution in [0.1, 0.15) is 32.1 Å². The normalized spacial score (nSPS) is 17.0. The predicted molar refractivity (Wildman–Crippen MR) is 103 cm³/mol. The summed E-state index contributed by atoms with van der Waals surface area (Å²) in [5, 5.41) is 4.20. The number of thiophene rings is 1. The van der Waals surface area contributed by atoms with Gasteiger partial charge in [-0.1, -0.05) is 13.8 Å². The number of carbonyl (C=O) groups is 1. The van der Waals surface area contributed by atoms with Gasteiger partial charge >= 0.3 is 0 Å². The molecule has 2 aromatic rings. The van der Waals surface area contributed by atoms with Crippen molar-refractivity contribution in [1.82, 2.24) is 20.2 Å². The lowest BCUT2D eigenvalue weighted by atomic mass is 10.2. The summed E-state index contributed by atoms with van der Waals surface area (Å²) in [4.78, 5) is 28.0. The summed E-state index contributed by atoms with van der Waals surface area (Å²) in [6.45, 7) is 10.3. The first-order valence-electron chi connectivity index (χ1n) is 9.10. The van der Waals surface area contributed by atoms with Gasteiger partial charge in [0.25, 0.3) is 0 Å². The number of hydrogen-bond donors (Lipinski definition) is 1. The molecule has 1 saturated heterocycles. The van der Waals surface area contributed by atoms with Crippen LogP contribution in [0.5, 0.6) is 0 Å². The molecule has 3 rings (SSSR count). The molecule has 1 fully saturated rings. The van der Waals surface area contributed by atoms with E-state index < -0.39 is 0 Å². The van der Waals surface area contributed by atoms with Crippen molar-refractivity contribution in [3.63, 3.8) is 0 Å². The van der Waals surface area contributed by atoms with E-state index in [0.29, 0.717) is 6.54 Å². The largest absolute Gasteiger partial charge is 0.353 e. The zero-order valence-electron chi connectivity index (χ0n) is 15.3. The highest BCUT2D eigenvalue weighted by molar-refractivity contribution is 7.18. The molecule has 2 aromatic heterocycles. The molecule has 1 N–H and O–H groups in total. The highest BCUT2D eigenvalue weighted by Gasteiger charge is 2.22. The van der Waals surface area contributed by atoms with E-state index in [0.717, 1.165) is 55.1 Å². The van der Waals surface area contributed by atoms with Gasteiger partial charge in [-0.2, -0.15) is 0 Å². The topological polar surface area (TPSA) is 61.4 Å². The second-order valence-electron chi connectivity index (χ2n) is 6.62. The van der Waals surface area contributed by atoms with Gasteiger partial charge in [0.1, 0.15) is 17.0 Å². The third-order valence-corrected chi connectivity index (χ3v) is 5.95. The number of nitrogens with one attached hydrogen (secondary N) is 1. The van der Waals surface area contributed by atoms with Crippen LogP contribution < -0.4 is 10.2 Å². The predicted octanol–water partition coefficient (Wildman–Crippen LogP) is 2.29. The fourth-order valence-electron chi connectivity index (χ4n) is 3.06. The number of rotatable bonds is 6. The van der Waals surface area contributed by atoms with E-state index in [1.807, 2.05) is 6.92 Å². The average molecular weight is 362 g/mol. The number of aryl methyl sites for hydroxylation is 1. The van der Waals surface area contributed by atoms with Crippen molar-refractivity contribution in [2.45, 2.75) is 39.7 Å². The molecule has 0 saturated carbocycles. The fourth-order valence-corrected chi connectivity index (χ4v) is 3.99. The molecular weight excluding hydrogens is 334 g/mol. The molecule has 136 valence electrons. The van der Waals surface area contributed by atoms with E-state index in [2.05, 4.69) is 45.0 Å². The van der Waals surface area contributed by atoms with Crippen molar-refractivity contribution in [3.8, 4) is 0 Å². The number of hydrogen-bond acceptors (Lipinski definition) is 6. The summed E-state index contributed by atoms with van der Waals surface area (Å²) < 4.78 is 0. The SMILES string of the molecule is CCc1cc2c(N3CCN(CC(=O)NC(C)CC)CC3)ncnc2s1. The Morgan fingerprint density at radius 2 is 2.04 bits per heavy atom. The quantitative estimate of drug-likeness (QED) is 0.855. The molecule has 1 aliphatic rings. The number of carbonyl (C=O) groups excluding carboxylic acids is 1. The van der Waals surface area contributed by atoms with Crippen LogP contribution in [0.25, 0.3) is 10.2 Å². The summed E-state index contributed by atoms with van der Waals surface area (Å²) in [5.41, 5.74) is 0. The van der Waals surface area contributed by atoms with Gasteiger partial charge in [0.05, 0.1) is 11.9 Å². The molecule has 1 atom stereocenters. The number of anilines is 1. The maximum atomic E-state index is 12.1. The zero-order valence-corrected chi connectivity index (χ0v) is 16.1. The second-order valence-corrected chi connectivity index (χ2v) is 7.74. The Balaban J connectivity index is 1.61. The van der Waals surface area contributed by atoms with Gasteiger partial charge < -0.3 is 10.2 Å². The van der Waals surface area contributed by atoms with Gasteiger partial charge in [0.15, 0.2) is 0 Å². The summed E-state index contributed by atoms with van der Waals surface area (Å²) >= 11 is 1.75. The Morgan fingerprint density at radius 1 is 1.28 bits per heavy atom. The minimum Gasteiger partial charge on any atom is -0.353 e. The standard InChI is InChI=1S/C18H27N5OS/c1-4-13(3)21-16(24)11-22-6-8-23(9-7-22)17-15-10-14(5-2)25-18(15)20-12-19-17/h10,12-13H,4-9,11H2,1-3H3,(H,21,24). The Morgan fingerprint density at radius 3 is 2.72 bits per heavy atom. The van der Waals surface area contributed by atoms with Crippen molar-refractivity contribution in [1.29, 1.82) is 0 Å². The molecule has 0 aliphatic carbocycles. The lowest BCUT2D eigenvalue weighted by molar-refractivity contribution is -0.122. The van der Waals surface area contributed by atoms with Crippen molar-refractivity contribution < 1.29 is 4.79 Å². The molecule has 0 bridgehead atoms. The maximum Gasteiger partial charge on any atom is 0.234 e. The van der Waals surface area contributed by atoms with Crippen LogP contribution in [0.4, 0.5) is 5.82 Å². The molecule has 0 aromatic carbocycles. The third kappa shape index (κ3) is 4.27. The minimum atomic E-state index is 0.123. The summed E-state index contributed by atoms with van der Waals surface area (Å²) in [6.07, 6.45) is 3.66. The van der Waals surface area contributed by atoms with E-state index in [-0.39, 0.29) is 11.9 Å². The molecule has 3 heterocycles. The average Bonchev–Trinajstić information content (AvgIpc) is 3.05. The summed E-state index contributed by atoms with van der Waals surface area (Å²) in [6, 6.07) is 2.47.